The highest BCUT2D eigenvalue weighted by Crippen LogP contribution is 2.37. The minimum atomic E-state index is -0.339. The number of halogens is 2. The largest absolute Gasteiger partial charge is 0.494 e. The van der Waals surface area contributed by atoms with E-state index in [-0.39, 0.29) is 12.5 Å². The van der Waals surface area contributed by atoms with Gasteiger partial charge in [-0.3, -0.25) is 4.79 Å². The standard InChI is InChI=1S/C26H26Cl2N2O4/c1-3-13-33-21-11-9-19(10-12-21)26(31)30-29-16-18-14-23(28)25(24(15-18)32-4-2)34-17-20-7-5-6-8-22(20)27/h5-12,14-16H,3-4,13,17H2,1-2H3,(H,30,31)/b29-16+. The van der Waals surface area contributed by atoms with Gasteiger partial charge in [0.05, 0.1) is 24.5 Å². The Morgan fingerprint density at radius 1 is 0.971 bits per heavy atom. The van der Waals surface area contributed by atoms with Crippen LogP contribution in [0.1, 0.15) is 41.8 Å². The molecule has 0 aliphatic carbocycles. The van der Waals surface area contributed by atoms with Gasteiger partial charge in [0.15, 0.2) is 11.5 Å². The van der Waals surface area contributed by atoms with Crippen molar-refractivity contribution in [3.8, 4) is 17.2 Å². The molecule has 1 amide bonds. The summed E-state index contributed by atoms with van der Waals surface area (Å²) in [4.78, 5) is 12.4. The van der Waals surface area contributed by atoms with Crippen molar-refractivity contribution in [3.63, 3.8) is 0 Å². The number of hydrogen-bond acceptors (Lipinski definition) is 5. The van der Waals surface area contributed by atoms with E-state index in [2.05, 4.69) is 10.5 Å². The Balaban J connectivity index is 1.67. The van der Waals surface area contributed by atoms with E-state index in [0.29, 0.717) is 45.9 Å². The van der Waals surface area contributed by atoms with Crippen LogP contribution in [0.5, 0.6) is 17.2 Å². The Labute approximate surface area is 209 Å². The normalized spacial score (nSPS) is 10.8. The second-order valence-electron chi connectivity index (χ2n) is 7.22. The molecule has 0 spiro atoms. The molecule has 0 aromatic heterocycles. The molecule has 0 unspecified atom stereocenters. The molecule has 0 saturated heterocycles. The van der Waals surface area contributed by atoms with E-state index in [4.69, 9.17) is 37.4 Å². The van der Waals surface area contributed by atoms with E-state index >= 15 is 0 Å². The zero-order valence-electron chi connectivity index (χ0n) is 19.0. The molecule has 8 heteroatoms. The molecule has 0 aliphatic heterocycles. The number of rotatable bonds is 11. The molecule has 34 heavy (non-hydrogen) atoms. The third kappa shape index (κ3) is 7.14. The van der Waals surface area contributed by atoms with Gasteiger partial charge in [-0.1, -0.05) is 48.3 Å². The number of amides is 1. The van der Waals surface area contributed by atoms with Gasteiger partial charge in [-0.2, -0.15) is 5.10 Å². The molecule has 0 bridgehead atoms. The van der Waals surface area contributed by atoms with E-state index in [0.717, 1.165) is 17.7 Å². The summed E-state index contributed by atoms with van der Waals surface area (Å²) in [6.45, 7) is 5.20. The van der Waals surface area contributed by atoms with Crippen molar-refractivity contribution in [2.45, 2.75) is 26.9 Å². The van der Waals surface area contributed by atoms with Crippen molar-refractivity contribution in [2.24, 2.45) is 5.10 Å². The number of benzene rings is 3. The lowest BCUT2D eigenvalue weighted by Gasteiger charge is -2.15. The Kier molecular flexibility index (Phi) is 9.62. The minimum Gasteiger partial charge on any atom is -0.494 e. The number of ether oxygens (including phenoxy) is 3. The second-order valence-corrected chi connectivity index (χ2v) is 8.03. The number of carbonyl (C=O) groups excluding carboxylic acids is 1. The topological polar surface area (TPSA) is 69.2 Å². The lowest BCUT2D eigenvalue weighted by atomic mass is 10.2. The summed E-state index contributed by atoms with van der Waals surface area (Å²) < 4.78 is 17.1. The summed E-state index contributed by atoms with van der Waals surface area (Å²) >= 11 is 12.7. The monoisotopic (exact) mass is 500 g/mol. The van der Waals surface area contributed by atoms with Crippen LogP contribution in [0.15, 0.2) is 65.8 Å². The number of hydrogen-bond donors (Lipinski definition) is 1. The van der Waals surface area contributed by atoms with Crippen molar-refractivity contribution in [1.82, 2.24) is 5.43 Å². The summed E-state index contributed by atoms with van der Waals surface area (Å²) in [6, 6.07) is 17.7. The Morgan fingerprint density at radius 3 is 2.44 bits per heavy atom. The van der Waals surface area contributed by atoms with Gasteiger partial charge < -0.3 is 14.2 Å². The first-order valence-corrected chi connectivity index (χ1v) is 11.7. The fourth-order valence-electron chi connectivity index (χ4n) is 2.98. The number of nitrogens with zero attached hydrogens (tertiary/aromatic N) is 1. The molecule has 3 aromatic carbocycles. The van der Waals surface area contributed by atoms with Crippen LogP contribution in [0.2, 0.25) is 10.0 Å². The fourth-order valence-corrected chi connectivity index (χ4v) is 3.45. The van der Waals surface area contributed by atoms with Gasteiger partial charge in [0.2, 0.25) is 0 Å². The van der Waals surface area contributed by atoms with Crippen LogP contribution >= 0.6 is 23.2 Å². The summed E-state index contributed by atoms with van der Waals surface area (Å²) in [7, 11) is 0. The van der Waals surface area contributed by atoms with Crippen LogP contribution in [0.4, 0.5) is 0 Å². The second kappa shape index (κ2) is 12.9. The van der Waals surface area contributed by atoms with Crippen LogP contribution in [-0.2, 0) is 6.61 Å². The van der Waals surface area contributed by atoms with E-state index in [1.165, 1.54) is 6.21 Å². The maximum atomic E-state index is 12.4. The van der Waals surface area contributed by atoms with Crippen molar-refractivity contribution >= 4 is 35.3 Å². The molecule has 0 radical (unpaired) electrons. The molecule has 0 atom stereocenters. The first-order valence-electron chi connectivity index (χ1n) is 10.9. The van der Waals surface area contributed by atoms with Gasteiger partial charge in [-0.05, 0) is 61.4 Å². The highest BCUT2D eigenvalue weighted by molar-refractivity contribution is 6.32. The van der Waals surface area contributed by atoms with E-state index in [9.17, 15) is 4.79 Å². The summed E-state index contributed by atoms with van der Waals surface area (Å²) in [5.41, 5.74) is 4.45. The van der Waals surface area contributed by atoms with Gasteiger partial charge >= 0.3 is 0 Å². The predicted octanol–water partition coefficient (Wildman–Crippen LogP) is 6.52. The lowest BCUT2D eigenvalue weighted by molar-refractivity contribution is 0.0955. The quantitative estimate of drug-likeness (QED) is 0.240. The first-order chi connectivity index (χ1) is 16.5. The van der Waals surface area contributed by atoms with Gasteiger partial charge in [0.25, 0.3) is 5.91 Å². The average molecular weight is 501 g/mol. The van der Waals surface area contributed by atoms with E-state index in [1.807, 2.05) is 32.0 Å². The zero-order valence-corrected chi connectivity index (χ0v) is 20.5. The lowest BCUT2D eigenvalue weighted by Crippen LogP contribution is -2.17. The molecule has 3 rings (SSSR count). The molecule has 0 fully saturated rings. The number of carbonyl (C=O) groups is 1. The molecule has 3 aromatic rings. The van der Waals surface area contributed by atoms with Gasteiger partial charge in [-0.25, -0.2) is 5.43 Å². The Hall–Kier alpha value is -3.22. The summed E-state index contributed by atoms with van der Waals surface area (Å²) in [5, 5.41) is 5.00. The number of nitrogens with one attached hydrogen (secondary N) is 1. The first kappa shape index (κ1) is 25.4. The highest BCUT2D eigenvalue weighted by atomic mass is 35.5. The van der Waals surface area contributed by atoms with Gasteiger partial charge in [0, 0.05) is 16.1 Å². The maximum Gasteiger partial charge on any atom is 0.271 e. The molecule has 6 nitrogen and oxygen atoms in total. The fraction of sp³-hybridized carbons (Fsp3) is 0.231. The van der Waals surface area contributed by atoms with Crippen molar-refractivity contribution in [1.29, 1.82) is 0 Å². The third-order valence-corrected chi connectivity index (χ3v) is 5.28. The van der Waals surface area contributed by atoms with E-state index in [1.54, 1.807) is 42.5 Å². The zero-order chi connectivity index (χ0) is 24.3. The smallest absolute Gasteiger partial charge is 0.271 e. The summed E-state index contributed by atoms with van der Waals surface area (Å²) in [5.74, 6) is 1.26. The van der Waals surface area contributed by atoms with Crippen molar-refractivity contribution in [3.05, 3.63) is 87.4 Å². The minimum absolute atomic E-state index is 0.241. The van der Waals surface area contributed by atoms with Crippen LogP contribution < -0.4 is 19.6 Å². The molecule has 0 aliphatic rings. The molecule has 0 saturated carbocycles. The van der Waals surface area contributed by atoms with Gasteiger partial charge in [-0.15, -0.1) is 0 Å². The van der Waals surface area contributed by atoms with Gasteiger partial charge in [0.1, 0.15) is 12.4 Å². The highest BCUT2D eigenvalue weighted by Gasteiger charge is 2.13. The van der Waals surface area contributed by atoms with Crippen LogP contribution in [0.25, 0.3) is 0 Å². The molecular formula is C26H26Cl2N2O4. The molecular weight excluding hydrogens is 475 g/mol. The SMILES string of the molecule is CCCOc1ccc(C(=O)N/N=C/c2cc(Cl)c(OCc3ccccc3Cl)c(OCC)c2)cc1. The van der Waals surface area contributed by atoms with Crippen molar-refractivity contribution in [2.75, 3.05) is 13.2 Å². The molecule has 178 valence electrons. The van der Waals surface area contributed by atoms with Crippen LogP contribution in [-0.4, -0.2) is 25.3 Å². The maximum absolute atomic E-state index is 12.4. The Morgan fingerprint density at radius 2 is 1.74 bits per heavy atom. The number of hydrazone groups is 1. The predicted molar refractivity (Wildman–Crippen MR) is 136 cm³/mol. The van der Waals surface area contributed by atoms with E-state index < -0.39 is 0 Å². The Bertz CT molecular complexity index is 1130. The summed E-state index contributed by atoms with van der Waals surface area (Å²) in [6.07, 6.45) is 2.41. The third-order valence-electron chi connectivity index (χ3n) is 4.63. The van der Waals surface area contributed by atoms with Crippen molar-refractivity contribution < 1.29 is 19.0 Å². The van der Waals surface area contributed by atoms with Crippen LogP contribution in [0, 0.1) is 0 Å². The van der Waals surface area contributed by atoms with Crippen LogP contribution in [0.3, 0.4) is 0 Å². The average Bonchev–Trinajstić information content (AvgIpc) is 2.83. The molecule has 0 heterocycles. The molecule has 1 N–H and O–H groups in total.